The second kappa shape index (κ2) is 15.5. The van der Waals surface area contributed by atoms with E-state index in [1.807, 2.05) is 71.3 Å². The smallest absolute Gasteiger partial charge is 0.209 e. The van der Waals surface area contributed by atoms with Crippen molar-refractivity contribution < 1.29 is 14.7 Å². The van der Waals surface area contributed by atoms with Crippen molar-refractivity contribution in [1.82, 2.24) is 19.7 Å². The second-order valence-electron chi connectivity index (χ2n) is 10.5. The lowest BCUT2D eigenvalue weighted by Gasteiger charge is -2.11. The summed E-state index contributed by atoms with van der Waals surface area (Å²) < 4.78 is 1.96. The summed E-state index contributed by atoms with van der Waals surface area (Å²) in [7, 11) is 3.38. The van der Waals surface area contributed by atoms with E-state index < -0.39 is 0 Å². The number of carbonyl (C=O) groups excluding carboxylic acids is 2. The second-order valence-corrected chi connectivity index (χ2v) is 11.9. The number of para-hydroxylation sites is 1. The number of hydrogen-bond donors (Lipinski definition) is 1. The van der Waals surface area contributed by atoms with Crippen molar-refractivity contribution in [1.29, 1.82) is 0 Å². The number of halogens is 1. The Hall–Kier alpha value is -4.24. The van der Waals surface area contributed by atoms with Gasteiger partial charge in [-0.15, -0.1) is 10.2 Å². The van der Waals surface area contributed by atoms with Crippen LogP contribution in [0.4, 0.5) is 0 Å². The first-order valence-corrected chi connectivity index (χ1v) is 15.5. The molecule has 1 N–H and O–H groups in total. The monoisotopic (exact) mass is 626 g/mol. The highest BCUT2D eigenvalue weighted by molar-refractivity contribution is 7.99. The van der Waals surface area contributed by atoms with E-state index in [0.29, 0.717) is 16.0 Å². The maximum Gasteiger partial charge on any atom is 0.209 e. The molecule has 0 fully saturated rings. The summed E-state index contributed by atoms with van der Waals surface area (Å²) in [6.45, 7) is 3.44. The zero-order chi connectivity index (χ0) is 31.6. The van der Waals surface area contributed by atoms with E-state index >= 15 is 0 Å². The Balaban J connectivity index is 0.000000434. The number of aliphatic hydroxyl groups is 1. The van der Waals surface area contributed by atoms with Gasteiger partial charge < -0.3 is 10.0 Å². The Labute approximate surface area is 267 Å². The number of amides is 1. The van der Waals surface area contributed by atoms with Crippen LogP contribution in [-0.2, 0) is 11.2 Å². The summed E-state index contributed by atoms with van der Waals surface area (Å²) in [6.07, 6.45) is 1.45. The summed E-state index contributed by atoms with van der Waals surface area (Å²) >= 11 is 7.86. The number of fused-ring (bicyclic) bond motifs is 3. The average molecular weight is 627 g/mol. The normalized spacial score (nSPS) is 11.0. The largest absolute Gasteiger partial charge is 0.394 e. The van der Waals surface area contributed by atoms with Crippen LogP contribution in [0.25, 0.3) is 28.2 Å². The predicted octanol–water partition coefficient (Wildman–Crippen LogP) is 7.23. The fraction of sp³-hybridized carbons (Fsp3) is 0.200. The molecule has 1 aromatic heterocycles. The standard InChI is InChI=1S/C29H20ClN3OS.C3H7NO.C3H8O/c30-26-13-7-6-12-25(26)28-31-32-29(33(28)22-9-2-1-3-10-22)35-18-27(34)20-14-15-24-21(17-20)16-19-8-4-5-11-23(19)24;1-4(2)3-5;1-3(2)4/h1-15,17H,16,18H2;3H,1-2H3;3-4H,1-2H3. The number of nitrogens with zero attached hydrogens (tertiary/aromatic N) is 4. The van der Waals surface area contributed by atoms with Crippen LogP contribution < -0.4 is 0 Å². The molecule has 5 aromatic rings. The molecule has 7 nitrogen and oxygen atoms in total. The third kappa shape index (κ3) is 8.23. The highest BCUT2D eigenvalue weighted by atomic mass is 35.5. The molecule has 9 heteroatoms. The Bertz CT molecular complexity index is 1720. The van der Waals surface area contributed by atoms with Crippen molar-refractivity contribution in [3.63, 3.8) is 0 Å². The maximum atomic E-state index is 13.2. The molecule has 0 atom stereocenters. The molecule has 1 amide bonds. The maximum absolute atomic E-state index is 13.2. The van der Waals surface area contributed by atoms with E-state index in [1.165, 1.54) is 38.9 Å². The van der Waals surface area contributed by atoms with Crippen molar-refractivity contribution in [2.45, 2.75) is 31.5 Å². The number of ketones is 1. The fourth-order valence-electron chi connectivity index (χ4n) is 4.52. The minimum Gasteiger partial charge on any atom is -0.394 e. The topological polar surface area (TPSA) is 88.3 Å². The van der Waals surface area contributed by atoms with Gasteiger partial charge in [0, 0.05) is 37.0 Å². The van der Waals surface area contributed by atoms with Gasteiger partial charge in [-0.25, -0.2) is 0 Å². The van der Waals surface area contributed by atoms with E-state index in [0.717, 1.165) is 29.6 Å². The van der Waals surface area contributed by atoms with Crippen LogP contribution >= 0.6 is 23.4 Å². The van der Waals surface area contributed by atoms with Crippen molar-refractivity contribution in [2.24, 2.45) is 0 Å². The Morgan fingerprint density at radius 3 is 2.16 bits per heavy atom. The average Bonchev–Trinajstić information content (AvgIpc) is 3.61. The SMILES string of the molecule is CC(C)O.CN(C)C=O.O=C(CSc1nnc(-c2ccccc2Cl)n1-c1ccccc1)c1ccc2c(c1)Cc1ccccc1-2. The number of thioether (sulfide) groups is 1. The highest BCUT2D eigenvalue weighted by Crippen LogP contribution is 2.37. The van der Waals surface area contributed by atoms with Gasteiger partial charge in [-0.2, -0.15) is 0 Å². The van der Waals surface area contributed by atoms with Gasteiger partial charge in [0.1, 0.15) is 0 Å². The van der Waals surface area contributed by atoms with Crippen LogP contribution in [0.5, 0.6) is 0 Å². The van der Waals surface area contributed by atoms with Crippen molar-refractivity contribution in [2.75, 3.05) is 19.8 Å². The van der Waals surface area contributed by atoms with E-state index in [1.54, 1.807) is 27.9 Å². The van der Waals surface area contributed by atoms with Gasteiger partial charge in [-0.3, -0.25) is 14.2 Å². The minimum absolute atomic E-state index is 0.0654. The van der Waals surface area contributed by atoms with Crippen LogP contribution in [0, 0.1) is 0 Å². The molecule has 4 aromatic carbocycles. The number of hydrogen-bond acceptors (Lipinski definition) is 6. The molecule has 0 radical (unpaired) electrons. The number of benzene rings is 4. The summed E-state index contributed by atoms with van der Waals surface area (Å²) in [5.74, 6) is 0.974. The Morgan fingerprint density at radius 1 is 0.909 bits per heavy atom. The number of rotatable bonds is 7. The van der Waals surface area contributed by atoms with Crippen molar-refractivity contribution >= 4 is 35.6 Å². The molecule has 1 aliphatic rings. The molecule has 0 saturated carbocycles. The van der Waals surface area contributed by atoms with E-state index in [-0.39, 0.29) is 17.6 Å². The molecule has 0 bridgehead atoms. The van der Waals surface area contributed by atoms with Gasteiger partial charge in [0.25, 0.3) is 0 Å². The van der Waals surface area contributed by atoms with E-state index in [2.05, 4.69) is 40.5 Å². The van der Waals surface area contributed by atoms with Gasteiger partial charge in [0.05, 0.1) is 10.8 Å². The molecule has 0 saturated heterocycles. The van der Waals surface area contributed by atoms with E-state index in [4.69, 9.17) is 16.7 Å². The number of aromatic nitrogens is 3. The van der Waals surface area contributed by atoms with Crippen LogP contribution in [0.3, 0.4) is 0 Å². The van der Waals surface area contributed by atoms with Crippen LogP contribution in [0.2, 0.25) is 5.02 Å². The van der Waals surface area contributed by atoms with Gasteiger partial charge in [0.15, 0.2) is 16.8 Å². The van der Waals surface area contributed by atoms with Gasteiger partial charge >= 0.3 is 0 Å². The molecule has 44 heavy (non-hydrogen) atoms. The quantitative estimate of drug-likeness (QED) is 0.114. The first-order chi connectivity index (χ1) is 21.2. The summed E-state index contributed by atoms with van der Waals surface area (Å²) in [4.78, 5) is 24.0. The third-order valence-electron chi connectivity index (χ3n) is 6.42. The molecule has 0 unspecified atom stereocenters. The zero-order valence-electron chi connectivity index (χ0n) is 25.1. The highest BCUT2D eigenvalue weighted by Gasteiger charge is 2.21. The van der Waals surface area contributed by atoms with Crippen LogP contribution in [0.15, 0.2) is 102 Å². The molecule has 6 rings (SSSR count). The fourth-order valence-corrected chi connectivity index (χ4v) is 5.59. The molecule has 1 aliphatic carbocycles. The van der Waals surface area contributed by atoms with Gasteiger partial charge in [-0.1, -0.05) is 90.1 Å². The number of carbonyl (C=O) groups is 2. The molecule has 1 heterocycles. The third-order valence-corrected chi connectivity index (χ3v) is 7.68. The predicted molar refractivity (Wildman–Crippen MR) is 179 cm³/mol. The first kappa shape index (κ1) is 32.7. The molecular formula is C35H35ClN4O3S. The molecule has 0 aliphatic heterocycles. The minimum atomic E-state index is -0.167. The first-order valence-electron chi connectivity index (χ1n) is 14.1. The summed E-state index contributed by atoms with van der Waals surface area (Å²) in [5.41, 5.74) is 7.43. The lowest BCUT2D eigenvalue weighted by Crippen LogP contribution is -2.06. The van der Waals surface area contributed by atoms with Crippen molar-refractivity contribution in [3.8, 4) is 28.2 Å². The lowest BCUT2D eigenvalue weighted by molar-refractivity contribution is -0.115. The Kier molecular flexibility index (Phi) is 11.5. The van der Waals surface area contributed by atoms with Gasteiger partial charge in [-0.05, 0) is 72.9 Å². The Morgan fingerprint density at radius 2 is 1.50 bits per heavy atom. The molecular weight excluding hydrogens is 592 g/mol. The summed E-state index contributed by atoms with van der Waals surface area (Å²) in [5, 5.41) is 18.2. The van der Waals surface area contributed by atoms with Crippen molar-refractivity contribution in [3.05, 3.63) is 119 Å². The zero-order valence-corrected chi connectivity index (χ0v) is 26.7. The van der Waals surface area contributed by atoms with Gasteiger partial charge in [0.2, 0.25) is 6.41 Å². The van der Waals surface area contributed by atoms with E-state index in [9.17, 15) is 9.59 Å². The molecule has 0 spiro atoms. The van der Waals surface area contributed by atoms with Crippen LogP contribution in [0.1, 0.15) is 35.3 Å². The van der Waals surface area contributed by atoms with Crippen LogP contribution in [-0.4, -0.2) is 62.9 Å². The number of aliphatic hydroxyl groups excluding tert-OH is 1. The lowest BCUT2D eigenvalue weighted by atomic mass is 10.0. The molecule has 226 valence electrons. The number of Topliss-reactive ketones (excluding diaryl/α,β-unsaturated/α-hetero) is 1. The summed E-state index contributed by atoms with van der Waals surface area (Å²) in [6, 6.07) is 31.9.